The van der Waals surface area contributed by atoms with E-state index in [1.807, 2.05) is 0 Å². The summed E-state index contributed by atoms with van der Waals surface area (Å²) in [6.45, 7) is 5.37. The Kier molecular flexibility index (Phi) is 4.16. The highest BCUT2D eigenvalue weighted by atomic mass is 35.5. The molecule has 1 aromatic carbocycles. The first-order valence-electron chi connectivity index (χ1n) is 7.53. The highest BCUT2D eigenvalue weighted by Crippen LogP contribution is 2.38. The van der Waals surface area contributed by atoms with Crippen molar-refractivity contribution in [3.05, 3.63) is 47.5 Å². The van der Waals surface area contributed by atoms with Crippen LogP contribution in [0.4, 0.5) is 0 Å². The van der Waals surface area contributed by atoms with Gasteiger partial charge in [-0.25, -0.2) is 0 Å². The van der Waals surface area contributed by atoms with Crippen LogP contribution in [0.25, 0.3) is 0 Å². The molecule has 1 saturated carbocycles. The van der Waals surface area contributed by atoms with Crippen LogP contribution in [0.5, 0.6) is 0 Å². The minimum Gasteiger partial charge on any atom is -0.310 e. The third-order valence-corrected chi connectivity index (χ3v) is 5.00. The summed E-state index contributed by atoms with van der Waals surface area (Å²) in [5.74, 6) is 0.887. The Morgan fingerprint density at radius 2 is 2.10 bits per heavy atom. The molecule has 1 aliphatic heterocycles. The van der Waals surface area contributed by atoms with Gasteiger partial charge in [-0.1, -0.05) is 48.0 Å². The van der Waals surface area contributed by atoms with Crippen LogP contribution in [0.15, 0.2) is 41.9 Å². The molecule has 0 amide bonds. The third kappa shape index (κ3) is 2.78. The Morgan fingerprint density at radius 3 is 2.75 bits per heavy atom. The normalized spacial score (nSPS) is 31.8. The van der Waals surface area contributed by atoms with Gasteiger partial charge in [0.25, 0.3) is 0 Å². The van der Waals surface area contributed by atoms with Crippen molar-refractivity contribution in [2.45, 2.75) is 31.3 Å². The van der Waals surface area contributed by atoms with E-state index in [4.69, 9.17) is 11.6 Å². The molecule has 3 rings (SSSR count). The predicted octanol–water partition coefficient (Wildman–Crippen LogP) is 3.34. The van der Waals surface area contributed by atoms with Crippen molar-refractivity contribution in [1.29, 1.82) is 0 Å². The van der Waals surface area contributed by atoms with Gasteiger partial charge in [0.1, 0.15) is 0 Å². The highest BCUT2D eigenvalue weighted by molar-refractivity contribution is 6.25. The molecule has 2 nitrogen and oxygen atoms in total. The second kappa shape index (κ2) is 5.88. The van der Waals surface area contributed by atoms with Crippen LogP contribution in [0, 0.1) is 5.92 Å². The largest absolute Gasteiger partial charge is 0.310 e. The minimum absolute atomic E-state index is 0.0447. The first-order chi connectivity index (χ1) is 9.74. The molecule has 0 bridgehead atoms. The summed E-state index contributed by atoms with van der Waals surface area (Å²) >= 11 is 5.75. The average Bonchev–Trinajstić information content (AvgIpc) is 3.32. The van der Waals surface area contributed by atoms with E-state index in [-0.39, 0.29) is 5.54 Å². The molecule has 108 valence electrons. The van der Waals surface area contributed by atoms with Crippen LogP contribution in [0.3, 0.4) is 0 Å². The fourth-order valence-corrected chi connectivity index (χ4v) is 3.36. The van der Waals surface area contributed by atoms with E-state index < -0.39 is 0 Å². The van der Waals surface area contributed by atoms with E-state index in [0.717, 1.165) is 25.6 Å². The number of nitrogens with one attached hydrogen (secondary N) is 1. The lowest BCUT2D eigenvalue weighted by atomic mass is 9.86. The molecule has 20 heavy (non-hydrogen) atoms. The molecule has 2 fully saturated rings. The topological polar surface area (TPSA) is 15.3 Å². The van der Waals surface area contributed by atoms with Crippen molar-refractivity contribution in [2.24, 2.45) is 5.92 Å². The molecule has 1 N–H and O–H groups in total. The van der Waals surface area contributed by atoms with Gasteiger partial charge in [-0.05, 0) is 31.2 Å². The minimum atomic E-state index is 0.0447. The number of halogens is 1. The van der Waals surface area contributed by atoms with Crippen molar-refractivity contribution in [3.8, 4) is 0 Å². The summed E-state index contributed by atoms with van der Waals surface area (Å²) in [5.41, 5.74) is 3.06. The fraction of sp³-hybridized carbons (Fsp3) is 0.529. The fourth-order valence-electron chi connectivity index (χ4n) is 3.28. The Hall–Kier alpha value is -0.830. The predicted molar refractivity (Wildman–Crippen MR) is 84.9 cm³/mol. The van der Waals surface area contributed by atoms with E-state index in [0.29, 0.717) is 6.04 Å². The van der Waals surface area contributed by atoms with Crippen molar-refractivity contribution in [2.75, 3.05) is 19.6 Å². The molecule has 1 aliphatic carbocycles. The van der Waals surface area contributed by atoms with Crippen molar-refractivity contribution in [3.63, 3.8) is 0 Å². The Labute approximate surface area is 126 Å². The van der Waals surface area contributed by atoms with Gasteiger partial charge in [-0.3, -0.25) is 4.90 Å². The maximum Gasteiger partial charge on any atom is 0.0561 e. The van der Waals surface area contributed by atoms with Crippen LogP contribution in [-0.4, -0.2) is 30.6 Å². The molecule has 0 radical (unpaired) electrons. The van der Waals surface area contributed by atoms with Crippen LogP contribution >= 0.6 is 11.6 Å². The zero-order valence-electron chi connectivity index (χ0n) is 12.1. The number of nitrogens with zero attached hydrogens (tertiary/aromatic N) is 1. The SMILES string of the molecule is CC1(c2ccccc2)CNC(C2CC2)CN1C/C=C/Cl. The summed E-state index contributed by atoms with van der Waals surface area (Å²) < 4.78 is 0. The van der Waals surface area contributed by atoms with Gasteiger partial charge in [0.2, 0.25) is 0 Å². The van der Waals surface area contributed by atoms with Crippen LogP contribution in [0.1, 0.15) is 25.3 Å². The quantitative estimate of drug-likeness (QED) is 0.915. The maximum atomic E-state index is 5.75. The van der Waals surface area contributed by atoms with Crippen molar-refractivity contribution in [1.82, 2.24) is 10.2 Å². The average molecular weight is 291 g/mol. The Bertz CT molecular complexity index is 469. The number of hydrogen-bond acceptors (Lipinski definition) is 2. The van der Waals surface area contributed by atoms with Crippen molar-refractivity contribution < 1.29 is 0 Å². The summed E-state index contributed by atoms with van der Waals surface area (Å²) in [5, 5.41) is 3.78. The summed E-state index contributed by atoms with van der Waals surface area (Å²) in [6, 6.07) is 11.5. The van der Waals surface area contributed by atoms with Gasteiger partial charge < -0.3 is 5.32 Å². The number of piperazine rings is 1. The highest BCUT2D eigenvalue weighted by Gasteiger charge is 2.42. The number of benzene rings is 1. The summed E-state index contributed by atoms with van der Waals surface area (Å²) in [7, 11) is 0. The van der Waals surface area contributed by atoms with Gasteiger partial charge >= 0.3 is 0 Å². The van der Waals surface area contributed by atoms with E-state index in [9.17, 15) is 0 Å². The van der Waals surface area contributed by atoms with Gasteiger partial charge in [0.15, 0.2) is 0 Å². The summed E-state index contributed by atoms with van der Waals surface area (Å²) in [6.07, 6.45) is 4.83. The zero-order chi connectivity index (χ0) is 14.0. The number of hydrogen-bond donors (Lipinski definition) is 1. The van der Waals surface area contributed by atoms with Gasteiger partial charge in [0, 0.05) is 31.2 Å². The standard InChI is InChI=1S/C17H23ClN2/c1-17(15-6-3-2-4-7-15)13-19-16(14-8-9-14)12-20(17)11-5-10-18/h2-7,10,14,16,19H,8-9,11-13H2,1H3/b10-5+. The molecular formula is C17H23ClN2. The molecule has 2 unspecified atom stereocenters. The van der Waals surface area contributed by atoms with Crippen LogP contribution in [0.2, 0.25) is 0 Å². The van der Waals surface area contributed by atoms with Gasteiger partial charge in [0.05, 0.1) is 5.54 Å². The Morgan fingerprint density at radius 1 is 1.35 bits per heavy atom. The molecule has 1 aromatic rings. The molecule has 0 aromatic heterocycles. The number of rotatable bonds is 4. The molecule has 1 heterocycles. The summed E-state index contributed by atoms with van der Waals surface area (Å²) in [4.78, 5) is 2.57. The lowest BCUT2D eigenvalue weighted by molar-refractivity contribution is 0.0562. The third-order valence-electron chi connectivity index (χ3n) is 4.83. The first-order valence-corrected chi connectivity index (χ1v) is 7.97. The van der Waals surface area contributed by atoms with E-state index in [1.54, 1.807) is 5.54 Å². The molecular weight excluding hydrogens is 268 g/mol. The lowest BCUT2D eigenvalue weighted by Gasteiger charge is -2.48. The van der Waals surface area contributed by atoms with Crippen LogP contribution in [-0.2, 0) is 5.54 Å². The van der Waals surface area contributed by atoms with Gasteiger partial charge in [-0.15, -0.1) is 0 Å². The maximum absolute atomic E-state index is 5.75. The smallest absolute Gasteiger partial charge is 0.0561 e. The monoisotopic (exact) mass is 290 g/mol. The van der Waals surface area contributed by atoms with E-state index in [1.165, 1.54) is 18.4 Å². The molecule has 2 atom stereocenters. The van der Waals surface area contributed by atoms with Crippen molar-refractivity contribution >= 4 is 11.6 Å². The second-order valence-corrected chi connectivity index (χ2v) is 6.48. The molecule has 2 aliphatic rings. The van der Waals surface area contributed by atoms with E-state index in [2.05, 4.69) is 53.5 Å². The molecule has 0 spiro atoms. The van der Waals surface area contributed by atoms with Gasteiger partial charge in [-0.2, -0.15) is 0 Å². The first kappa shape index (κ1) is 14.1. The van der Waals surface area contributed by atoms with Crippen LogP contribution < -0.4 is 5.32 Å². The zero-order valence-corrected chi connectivity index (χ0v) is 12.8. The molecule has 1 saturated heterocycles. The Balaban J connectivity index is 1.83. The lowest BCUT2D eigenvalue weighted by Crippen LogP contribution is -2.62. The molecule has 3 heteroatoms. The second-order valence-electron chi connectivity index (χ2n) is 6.23. The van der Waals surface area contributed by atoms with E-state index >= 15 is 0 Å².